The minimum absolute atomic E-state index is 0.0236. The molecular weight excluding hydrogens is 442 g/mol. The van der Waals surface area contributed by atoms with Crippen LogP contribution in [0.25, 0.3) is 0 Å². The molecule has 0 aliphatic rings. The normalized spacial score (nSPS) is 10.5. The molecule has 9 nitrogen and oxygen atoms in total. The highest BCUT2D eigenvalue weighted by atomic mass is 79.9. The molecule has 1 amide bonds. The van der Waals surface area contributed by atoms with E-state index in [4.69, 9.17) is 19.9 Å². The Balaban J connectivity index is 1.78. The standard InChI is InChI=1S/C19H20BrN5O4/c1-27-12-5-6-14(16(9-12)29-3)22-19(26)17-18(21)25(24-23-17)10-11-4-7-15(28-2)13(20)8-11/h4-9H,10,21H2,1-3H3,(H,22,26). The van der Waals surface area contributed by atoms with E-state index in [2.05, 4.69) is 31.6 Å². The molecule has 0 bridgehead atoms. The molecule has 0 fully saturated rings. The highest BCUT2D eigenvalue weighted by Gasteiger charge is 2.19. The predicted molar refractivity (Wildman–Crippen MR) is 112 cm³/mol. The van der Waals surface area contributed by atoms with Crippen LogP contribution in [-0.2, 0) is 6.54 Å². The van der Waals surface area contributed by atoms with Crippen LogP contribution in [0, 0.1) is 0 Å². The zero-order valence-electron chi connectivity index (χ0n) is 16.1. The van der Waals surface area contributed by atoms with E-state index in [9.17, 15) is 4.79 Å². The second-order valence-corrected chi connectivity index (χ2v) is 6.82. The molecule has 0 saturated heterocycles. The van der Waals surface area contributed by atoms with E-state index in [0.29, 0.717) is 29.5 Å². The van der Waals surface area contributed by atoms with Gasteiger partial charge < -0.3 is 25.3 Å². The first kappa shape index (κ1) is 20.5. The van der Waals surface area contributed by atoms with Crippen LogP contribution in [0.1, 0.15) is 16.1 Å². The number of anilines is 2. The minimum Gasteiger partial charge on any atom is -0.497 e. The Morgan fingerprint density at radius 1 is 1.10 bits per heavy atom. The van der Waals surface area contributed by atoms with Gasteiger partial charge >= 0.3 is 0 Å². The smallest absolute Gasteiger partial charge is 0.280 e. The second-order valence-electron chi connectivity index (χ2n) is 5.97. The van der Waals surface area contributed by atoms with Crippen LogP contribution in [0.2, 0.25) is 0 Å². The first-order valence-corrected chi connectivity index (χ1v) is 9.30. The number of nitrogens with two attached hydrogens (primary N) is 1. The molecule has 0 aliphatic carbocycles. The molecule has 3 rings (SSSR count). The van der Waals surface area contributed by atoms with Gasteiger partial charge in [-0.25, -0.2) is 4.68 Å². The topological polar surface area (TPSA) is 114 Å². The van der Waals surface area contributed by atoms with Crippen LogP contribution in [-0.4, -0.2) is 42.2 Å². The first-order valence-electron chi connectivity index (χ1n) is 8.51. The predicted octanol–water partition coefficient (Wildman–Crippen LogP) is 2.95. The maximum Gasteiger partial charge on any atom is 0.280 e. The first-order chi connectivity index (χ1) is 14.0. The number of hydrogen-bond acceptors (Lipinski definition) is 7. The van der Waals surface area contributed by atoms with Crippen molar-refractivity contribution in [1.82, 2.24) is 15.0 Å². The van der Waals surface area contributed by atoms with Gasteiger partial charge in [-0.15, -0.1) is 5.10 Å². The fourth-order valence-corrected chi connectivity index (χ4v) is 3.25. The lowest BCUT2D eigenvalue weighted by Gasteiger charge is -2.11. The zero-order chi connectivity index (χ0) is 21.0. The number of amides is 1. The monoisotopic (exact) mass is 461 g/mol. The number of aromatic nitrogens is 3. The van der Waals surface area contributed by atoms with Crippen molar-refractivity contribution < 1.29 is 19.0 Å². The summed E-state index contributed by atoms with van der Waals surface area (Å²) in [7, 11) is 4.65. The van der Waals surface area contributed by atoms with Crippen molar-refractivity contribution in [1.29, 1.82) is 0 Å². The Hall–Kier alpha value is -3.27. The molecule has 152 valence electrons. The molecule has 0 radical (unpaired) electrons. The molecule has 0 unspecified atom stereocenters. The van der Waals surface area contributed by atoms with E-state index in [1.807, 2.05) is 18.2 Å². The van der Waals surface area contributed by atoms with Gasteiger partial charge in [0.1, 0.15) is 17.2 Å². The van der Waals surface area contributed by atoms with E-state index in [0.717, 1.165) is 10.0 Å². The lowest BCUT2D eigenvalue weighted by Crippen LogP contribution is -2.16. The number of hydrogen-bond donors (Lipinski definition) is 2. The van der Waals surface area contributed by atoms with Crippen molar-refractivity contribution in [2.75, 3.05) is 32.4 Å². The van der Waals surface area contributed by atoms with Crippen molar-refractivity contribution in [2.45, 2.75) is 6.54 Å². The third-order valence-corrected chi connectivity index (χ3v) is 4.81. The number of rotatable bonds is 7. The maximum atomic E-state index is 12.6. The quantitative estimate of drug-likeness (QED) is 0.555. The Bertz CT molecular complexity index is 1040. The summed E-state index contributed by atoms with van der Waals surface area (Å²) >= 11 is 3.44. The van der Waals surface area contributed by atoms with Gasteiger partial charge in [0, 0.05) is 6.07 Å². The van der Waals surface area contributed by atoms with Gasteiger partial charge in [-0.1, -0.05) is 11.3 Å². The lowest BCUT2D eigenvalue weighted by atomic mass is 10.2. The number of halogens is 1. The molecule has 1 aromatic heterocycles. The maximum absolute atomic E-state index is 12.6. The zero-order valence-corrected chi connectivity index (χ0v) is 17.7. The van der Waals surface area contributed by atoms with Crippen LogP contribution < -0.4 is 25.3 Å². The molecule has 1 heterocycles. The van der Waals surface area contributed by atoms with Gasteiger partial charge in [0.05, 0.1) is 38.0 Å². The van der Waals surface area contributed by atoms with E-state index in [-0.39, 0.29) is 11.5 Å². The van der Waals surface area contributed by atoms with Gasteiger partial charge in [0.15, 0.2) is 11.5 Å². The average Bonchev–Trinajstić information content (AvgIpc) is 3.08. The molecule has 3 aromatic rings. The van der Waals surface area contributed by atoms with E-state index < -0.39 is 5.91 Å². The molecule has 3 N–H and O–H groups in total. The highest BCUT2D eigenvalue weighted by molar-refractivity contribution is 9.10. The summed E-state index contributed by atoms with van der Waals surface area (Å²) in [6.45, 7) is 0.348. The van der Waals surface area contributed by atoms with E-state index >= 15 is 0 Å². The number of nitrogen functional groups attached to an aromatic ring is 1. The van der Waals surface area contributed by atoms with Crippen molar-refractivity contribution in [2.24, 2.45) is 0 Å². The van der Waals surface area contributed by atoms with E-state index in [1.165, 1.54) is 11.8 Å². The largest absolute Gasteiger partial charge is 0.497 e. The average molecular weight is 462 g/mol. The van der Waals surface area contributed by atoms with Gasteiger partial charge in [0.25, 0.3) is 5.91 Å². The SMILES string of the molecule is COc1ccc(NC(=O)c2nnn(Cc3ccc(OC)c(Br)c3)c2N)c(OC)c1. The minimum atomic E-state index is -0.492. The summed E-state index contributed by atoms with van der Waals surface area (Å²) in [5, 5.41) is 10.7. The fourth-order valence-electron chi connectivity index (χ4n) is 2.66. The fraction of sp³-hybridized carbons (Fsp3) is 0.211. The number of ether oxygens (including phenoxy) is 3. The van der Waals surface area contributed by atoms with Gasteiger partial charge in [-0.2, -0.15) is 0 Å². The molecule has 0 spiro atoms. The summed E-state index contributed by atoms with van der Waals surface area (Å²) in [5.74, 6) is 1.44. The molecule has 10 heteroatoms. The van der Waals surface area contributed by atoms with Crippen LogP contribution in [0.15, 0.2) is 40.9 Å². The molecule has 2 aromatic carbocycles. The Morgan fingerprint density at radius 3 is 2.52 bits per heavy atom. The third kappa shape index (κ3) is 4.43. The number of carbonyl (C=O) groups is 1. The van der Waals surface area contributed by atoms with Crippen molar-refractivity contribution in [3.63, 3.8) is 0 Å². The summed E-state index contributed by atoms with van der Waals surface area (Å²) in [6, 6.07) is 10.6. The van der Waals surface area contributed by atoms with Crippen molar-refractivity contribution >= 4 is 33.3 Å². The summed E-state index contributed by atoms with van der Waals surface area (Å²) in [4.78, 5) is 12.6. The van der Waals surface area contributed by atoms with Crippen LogP contribution >= 0.6 is 15.9 Å². The second kappa shape index (κ2) is 8.82. The Kier molecular flexibility index (Phi) is 6.23. The summed E-state index contributed by atoms with van der Waals surface area (Å²) in [6.07, 6.45) is 0. The third-order valence-electron chi connectivity index (χ3n) is 4.19. The molecule has 0 saturated carbocycles. The van der Waals surface area contributed by atoms with Crippen LogP contribution in [0.3, 0.4) is 0 Å². The lowest BCUT2D eigenvalue weighted by molar-refractivity contribution is 0.102. The molecule has 29 heavy (non-hydrogen) atoms. The summed E-state index contributed by atoms with van der Waals surface area (Å²) < 4.78 is 17.9. The van der Waals surface area contributed by atoms with Crippen LogP contribution in [0.4, 0.5) is 11.5 Å². The van der Waals surface area contributed by atoms with Crippen LogP contribution in [0.5, 0.6) is 17.2 Å². The van der Waals surface area contributed by atoms with E-state index in [1.54, 1.807) is 32.4 Å². The number of methoxy groups -OCH3 is 3. The highest BCUT2D eigenvalue weighted by Crippen LogP contribution is 2.30. The summed E-state index contributed by atoms with van der Waals surface area (Å²) in [5.41, 5.74) is 7.51. The number of nitrogens with zero attached hydrogens (tertiary/aromatic N) is 3. The number of nitrogens with one attached hydrogen (secondary N) is 1. The van der Waals surface area contributed by atoms with Gasteiger partial charge in [-0.05, 0) is 45.8 Å². The molecular formula is C19H20BrN5O4. The van der Waals surface area contributed by atoms with Crippen molar-refractivity contribution in [3.8, 4) is 17.2 Å². The molecule has 0 aliphatic heterocycles. The Labute approximate surface area is 175 Å². The number of carbonyl (C=O) groups excluding carboxylic acids is 1. The van der Waals surface area contributed by atoms with Gasteiger partial charge in [0.2, 0.25) is 0 Å². The van der Waals surface area contributed by atoms with Crippen molar-refractivity contribution in [3.05, 3.63) is 52.1 Å². The molecule has 0 atom stereocenters. The Morgan fingerprint density at radius 2 is 1.86 bits per heavy atom. The van der Waals surface area contributed by atoms with Gasteiger partial charge in [-0.3, -0.25) is 4.79 Å². The number of benzene rings is 2.